The molecule has 0 spiro atoms. The number of halogens is 1. The van der Waals surface area contributed by atoms with Gasteiger partial charge in [-0.25, -0.2) is 9.97 Å². The number of nitrogens with zero attached hydrogens (tertiary/aromatic N) is 2. The highest BCUT2D eigenvalue weighted by Crippen LogP contribution is 2.08. The zero-order chi connectivity index (χ0) is 13.7. The van der Waals surface area contributed by atoms with Crippen molar-refractivity contribution in [1.82, 2.24) is 15.3 Å². The van der Waals surface area contributed by atoms with Crippen molar-refractivity contribution in [2.24, 2.45) is 0 Å². The zero-order valence-electron chi connectivity index (χ0n) is 10.3. The van der Waals surface area contributed by atoms with Gasteiger partial charge in [-0.2, -0.15) is 0 Å². The van der Waals surface area contributed by atoms with E-state index in [0.29, 0.717) is 23.1 Å². The molecule has 1 N–H and O–H groups in total. The molecule has 0 saturated heterocycles. The molecular formula is C13H12ClN3O2. The summed E-state index contributed by atoms with van der Waals surface area (Å²) in [5.74, 6) is 0.330. The number of amides is 1. The summed E-state index contributed by atoms with van der Waals surface area (Å²) >= 11 is 5.72. The fourth-order valence-electron chi connectivity index (χ4n) is 1.46. The maximum Gasteiger partial charge on any atom is 0.251 e. The Morgan fingerprint density at radius 1 is 1.37 bits per heavy atom. The standard InChI is InChI=1S/C13H12ClN3O2/c1-19-12-3-2-9(7-16-12)8-17-13(18)10-4-5-15-11(14)6-10/h2-7H,8H2,1H3,(H,17,18). The van der Waals surface area contributed by atoms with Crippen LogP contribution in [0.4, 0.5) is 0 Å². The molecule has 0 saturated carbocycles. The Morgan fingerprint density at radius 2 is 2.21 bits per heavy atom. The lowest BCUT2D eigenvalue weighted by Crippen LogP contribution is -2.22. The maximum atomic E-state index is 11.9. The van der Waals surface area contributed by atoms with Gasteiger partial charge in [-0.15, -0.1) is 0 Å². The molecule has 6 heteroatoms. The molecule has 0 aliphatic carbocycles. The molecule has 5 nitrogen and oxygen atoms in total. The first-order valence-electron chi connectivity index (χ1n) is 5.57. The summed E-state index contributed by atoms with van der Waals surface area (Å²) in [6, 6.07) is 6.70. The summed E-state index contributed by atoms with van der Waals surface area (Å²) < 4.78 is 4.96. The number of pyridine rings is 2. The van der Waals surface area contributed by atoms with Crippen molar-refractivity contribution >= 4 is 17.5 Å². The van der Waals surface area contributed by atoms with E-state index in [4.69, 9.17) is 16.3 Å². The van der Waals surface area contributed by atoms with Gasteiger partial charge in [0.1, 0.15) is 5.15 Å². The lowest BCUT2D eigenvalue weighted by molar-refractivity contribution is 0.0951. The second-order valence-electron chi connectivity index (χ2n) is 3.76. The third-order valence-electron chi connectivity index (χ3n) is 2.45. The molecule has 0 bridgehead atoms. The molecule has 0 atom stereocenters. The van der Waals surface area contributed by atoms with Crippen molar-refractivity contribution < 1.29 is 9.53 Å². The van der Waals surface area contributed by atoms with E-state index in [-0.39, 0.29) is 5.91 Å². The Hall–Kier alpha value is -2.14. The van der Waals surface area contributed by atoms with E-state index in [0.717, 1.165) is 5.56 Å². The van der Waals surface area contributed by atoms with Gasteiger partial charge < -0.3 is 10.1 Å². The highest BCUT2D eigenvalue weighted by molar-refractivity contribution is 6.29. The maximum absolute atomic E-state index is 11.9. The summed E-state index contributed by atoms with van der Waals surface area (Å²) in [6.07, 6.45) is 3.14. The van der Waals surface area contributed by atoms with Crippen molar-refractivity contribution in [3.8, 4) is 5.88 Å². The van der Waals surface area contributed by atoms with Crippen LogP contribution in [0.5, 0.6) is 5.88 Å². The van der Waals surface area contributed by atoms with E-state index >= 15 is 0 Å². The van der Waals surface area contributed by atoms with Gasteiger partial charge >= 0.3 is 0 Å². The minimum absolute atomic E-state index is 0.208. The Labute approximate surface area is 115 Å². The fourth-order valence-corrected chi connectivity index (χ4v) is 1.64. The lowest BCUT2D eigenvalue weighted by Gasteiger charge is -2.06. The third kappa shape index (κ3) is 3.66. The summed E-state index contributed by atoms with van der Waals surface area (Å²) in [6.45, 7) is 0.385. The number of carbonyl (C=O) groups excluding carboxylic acids is 1. The van der Waals surface area contributed by atoms with E-state index in [1.54, 1.807) is 25.4 Å². The molecule has 2 heterocycles. The van der Waals surface area contributed by atoms with Gasteiger partial charge in [0, 0.05) is 30.6 Å². The van der Waals surface area contributed by atoms with Crippen molar-refractivity contribution in [3.05, 3.63) is 52.9 Å². The first-order valence-corrected chi connectivity index (χ1v) is 5.95. The Kier molecular flexibility index (Phi) is 4.30. The number of aromatic nitrogens is 2. The highest BCUT2D eigenvalue weighted by atomic mass is 35.5. The average Bonchev–Trinajstić information content (AvgIpc) is 2.45. The molecular weight excluding hydrogens is 266 g/mol. The molecule has 2 aromatic heterocycles. The summed E-state index contributed by atoms with van der Waals surface area (Å²) in [4.78, 5) is 19.7. The topological polar surface area (TPSA) is 64.1 Å². The van der Waals surface area contributed by atoms with Gasteiger partial charge in [-0.1, -0.05) is 17.7 Å². The highest BCUT2D eigenvalue weighted by Gasteiger charge is 2.06. The monoisotopic (exact) mass is 277 g/mol. The third-order valence-corrected chi connectivity index (χ3v) is 2.66. The SMILES string of the molecule is COc1ccc(CNC(=O)c2ccnc(Cl)c2)cn1. The van der Waals surface area contributed by atoms with E-state index < -0.39 is 0 Å². The molecule has 2 aromatic rings. The normalized spacial score (nSPS) is 10.0. The summed E-state index contributed by atoms with van der Waals surface area (Å²) in [5, 5.41) is 3.06. The number of rotatable bonds is 4. The minimum atomic E-state index is -0.208. The molecule has 19 heavy (non-hydrogen) atoms. The van der Waals surface area contributed by atoms with Crippen molar-refractivity contribution in [2.45, 2.75) is 6.54 Å². The predicted molar refractivity (Wildman–Crippen MR) is 71.2 cm³/mol. The molecule has 0 aliphatic rings. The molecule has 0 fully saturated rings. The quantitative estimate of drug-likeness (QED) is 0.869. The lowest BCUT2D eigenvalue weighted by atomic mass is 10.2. The Morgan fingerprint density at radius 3 is 2.84 bits per heavy atom. The largest absolute Gasteiger partial charge is 0.481 e. The molecule has 1 amide bonds. The molecule has 0 unspecified atom stereocenters. The average molecular weight is 278 g/mol. The van der Waals surface area contributed by atoms with Crippen molar-refractivity contribution in [3.63, 3.8) is 0 Å². The summed E-state index contributed by atoms with van der Waals surface area (Å²) in [7, 11) is 1.55. The van der Waals surface area contributed by atoms with Crippen LogP contribution in [-0.4, -0.2) is 23.0 Å². The van der Waals surface area contributed by atoms with Crippen LogP contribution in [0.2, 0.25) is 5.15 Å². The number of hydrogen-bond acceptors (Lipinski definition) is 4. The molecule has 98 valence electrons. The second-order valence-corrected chi connectivity index (χ2v) is 4.15. The van der Waals surface area contributed by atoms with Crippen LogP contribution in [0, 0.1) is 0 Å². The van der Waals surface area contributed by atoms with Crippen molar-refractivity contribution in [1.29, 1.82) is 0 Å². The summed E-state index contributed by atoms with van der Waals surface area (Å²) in [5.41, 5.74) is 1.36. The van der Waals surface area contributed by atoms with Crippen molar-refractivity contribution in [2.75, 3.05) is 7.11 Å². The first kappa shape index (κ1) is 13.3. The second kappa shape index (κ2) is 6.15. The minimum Gasteiger partial charge on any atom is -0.481 e. The van der Waals surface area contributed by atoms with Gasteiger partial charge in [0.15, 0.2) is 0 Å². The van der Waals surface area contributed by atoms with E-state index in [1.165, 1.54) is 12.3 Å². The van der Waals surface area contributed by atoms with E-state index in [1.807, 2.05) is 6.07 Å². The first-order chi connectivity index (χ1) is 9.19. The van der Waals surface area contributed by atoms with Crippen LogP contribution in [-0.2, 0) is 6.54 Å². The van der Waals surface area contributed by atoms with Crippen LogP contribution in [0.3, 0.4) is 0 Å². The Balaban J connectivity index is 1.96. The predicted octanol–water partition coefficient (Wildman–Crippen LogP) is 2.07. The van der Waals surface area contributed by atoms with Gasteiger partial charge in [-0.05, 0) is 17.7 Å². The van der Waals surface area contributed by atoms with Gasteiger partial charge in [0.25, 0.3) is 5.91 Å². The number of carbonyl (C=O) groups is 1. The molecule has 0 aliphatic heterocycles. The van der Waals surface area contributed by atoms with Gasteiger partial charge in [0.05, 0.1) is 7.11 Å². The van der Waals surface area contributed by atoms with Crippen LogP contribution in [0.25, 0.3) is 0 Å². The van der Waals surface area contributed by atoms with Gasteiger partial charge in [0.2, 0.25) is 5.88 Å². The smallest absolute Gasteiger partial charge is 0.251 e. The van der Waals surface area contributed by atoms with E-state index in [2.05, 4.69) is 15.3 Å². The number of hydrogen-bond donors (Lipinski definition) is 1. The molecule has 0 aromatic carbocycles. The number of methoxy groups -OCH3 is 1. The fraction of sp³-hybridized carbons (Fsp3) is 0.154. The van der Waals surface area contributed by atoms with E-state index in [9.17, 15) is 4.79 Å². The molecule has 2 rings (SSSR count). The van der Waals surface area contributed by atoms with Crippen LogP contribution in [0.15, 0.2) is 36.7 Å². The number of ether oxygens (including phenoxy) is 1. The van der Waals surface area contributed by atoms with Crippen LogP contribution >= 0.6 is 11.6 Å². The molecule has 0 radical (unpaired) electrons. The zero-order valence-corrected chi connectivity index (χ0v) is 11.0. The Bertz CT molecular complexity index is 572. The van der Waals surface area contributed by atoms with Crippen LogP contribution < -0.4 is 10.1 Å². The number of nitrogens with one attached hydrogen (secondary N) is 1. The van der Waals surface area contributed by atoms with Gasteiger partial charge in [-0.3, -0.25) is 4.79 Å². The van der Waals surface area contributed by atoms with Crippen LogP contribution in [0.1, 0.15) is 15.9 Å².